The average molecular weight is 417 g/mol. The lowest BCUT2D eigenvalue weighted by Crippen LogP contribution is -2.38. The molecule has 0 bridgehead atoms. The quantitative estimate of drug-likeness (QED) is 0.370. The zero-order valence-corrected chi connectivity index (χ0v) is 17.0. The maximum atomic E-state index is 12.1. The van der Waals surface area contributed by atoms with Crippen molar-refractivity contribution in [2.24, 2.45) is 16.6 Å². The first kappa shape index (κ1) is 21.0. The highest BCUT2D eigenvalue weighted by Gasteiger charge is 2.27. The van der Waals surface area contributed by atoms with E-state index in [4.69, 9.17) is 22.1 Å². The molecule has 154 valence electrons. The number of nitrogens with one attached hydrogen (secondary N) is 2. The number of nitrogens with zero attached hydrogens (tertiary/aromatic N) is 1. The Morgan fingerprint density at radius 3 is 2.86 bits per heavy atom. The number of H-pyrrole nitrogens is 1. The van der Waals surface area contributed by atoms with Crippen LogP contribution in [0.15, 0.2) is 58.6 Å². The molecule has 0 radical (unpaired) electrons. The summed E-state index contributed by atoms with van der Waals surface area (Å²) >= 11 is 6.35. The number of hydrogen-bond acceptors (Lipinski definition) is 6. The Bertz CT molecular complexity index is 975. The van der Waals surface area contributed by atoms with Gasteiger partial charge in [0.1, 0.15) is 10.9 Å². The molecule has 1 aromatic carbocycles. The zero-order valence-electron chi connectivity index (χ0n) is 16.2. The summed E-state index contributed by atoms with van der Waals surface area (Å²) in [5, 5.41) is 13.8. The lowest BCUT2D eigenvalue weighted by molar-refractivity contribution is -0.132. The van der Waals surface area contributed by atoms with Crippen molar-refractivity contribution in [3.8, 4) is 0 Å². The van der Waals surface area contributed by atoms with Crippen LogP contribution >= 0.6 is 11.6 Å². The Labute approximate surface area is 174 Å². The number of carbonyl (C=O) groups is 1. The molecule has 1 atom stereocenters. The second-order valence-corrected chi connectivity index (χ2v) is 7.41. The highest BCUT2D eigenvalue weighted by molar-refractivity contribution is 6.58. The van der Waals surface area contributed by atoms with E-state index in [-0.39, 0.29) is 29.1 Å². The van der Waals surface area contributed by atoms with Crippen molar-refractivity contribution in [2.45, 2.75) is 25.3 Å². The molecular formula is C21H25ClN4O3. The minimum absolute atomic E-state index is 0.0401. The van der Waals surface area contributed by atoms with Crippen LogP contribution in [0.25, 0.3) is 10.9 Å². The number of esters is 1. The third-order valence-corrected chi connectivity index (χ3v) is 5.23. The Kier molecular flexibility index (Phi) is 6.61. The average Bonchev–Trinajstić information content (AvgIpc) is 3.52. The lowest BCUT2D eigenvalue weighted by Gasteiger charge is -2.19. The number of carbonyl (C=O) groups excluding carboxylic acids is 1. The van der Waals surface area contributed by atoms with Crippen LogP contribution in [-0.4, -0.2) is 41.5 Å². The molecule has 3 rings (SSSR count). The number of rotatable bonds is 9. The van der Waals surface area contributed by atoms with Gasteiger partial charge in [-0.15, -0.1) is 0 Å². The lowest BCUT2D eigenvalue weighted by atomic mass is 10.1. The first-order valence-electron chi connectivity index (χ1n) is 9.38. The fraction of sp³-hybridized carbons (Fsp3) is 0.333. The number of aromatic nitrogens is 1. The number of para-hydroxylation sites is 1. The predicted octanol–water partition coefficient (Wildman–Crippen LogP) is 2.57. The molecular weight excluding hydrogens is 392 g/mol. The Hall–Kier alpha value is -2.77. The van der Waals surface area contributed by atoms with Crippen LogP contribution in [0.3, 0.4) is 0 Å². The monoisotopic (exact) mass is 416 g/mol. The highest BCUT2D eigenvalue weighted by atomic mass is 35.5. The third-order valence-electron chi connectivity index (χ3n) is 4.85. The second kappa shape index (κ2) is 9.15. The largest absolute Gasteiger partial charge is 0.464 e. The van der Waals surface area contributed by atoms with Gasteiger partial charge in [-0.1, -0.05) is 36.4 Å². The smallest absolute Gasteiger partial charge is 0.358 e. The molecule has 1 aromatic heterocycles. The molecule has 0 spiro atoms. The van der Waals surface area contributed by atoms with Crippen LogP contribution in [0, 0.1) is 5.92 Å². The van der Waals surface area contributed by atoms with Gasteiger partial charge in [0.25, 0.3) is 0 Å². The standard InChI is InChI=1S/C21H25ClN4O3/c1-12(13-7-8-13)25-19(21(28)29-2)18(22)20(23)26-15(11-27)9-14-10-24-17-6-4-3-5-16(14)17/h3-6,10,13,15,24,26-27H,1,7-9,11,23H2,2H3/b20-18-,25-19+/t15-/m0/s1. The first-order chi connectivity index (χ1) is 13.9. The van der Waals surface area contributed by atoms with Gasteiger partial charge in [0, 0.05) is 28.7 Å². The van der Waals surface area contributed by atoms with E-state index in [0.29, 0.717) is 12.1 Å². The van der Waals surface area contributed by atoms with Gasteiger partial charge >= 0.3 is 5.97 Å². The number of aliphatic hydroxyl groups excluding tert-OH is 1. The van der Waals surface area contributed by atoms with E-state index in [1.807, 2.05) is 30.5 Å². The number of aliphatic hydroxyl groups is 1. The van der Waals surface area contributed by atoms with Gasteiger partial charge in [0.05, 0.1) is 19.8 Å². The number of fused-ring (bicyclic) bond motifs is 1. The summed E-state index contributed by atoms with van der Waals surface area (Å²) in [6.07, 6.45) is 4.38. The summed E-state index contributed by atoms with van der Waals surface area (Å²) in [5.41, 5.74) is 8.62. The second-order valence-electron chi connectivity index (χ2n) is 7.03. The summed E-state index contributed by atoms with van der Waals surface area (Å²) < 4.78 is 4.78. The molecule has 1 fully saturated rings. The molecule has 7 nitrogen and oxygen atoms in total. The van der Waals surface area contributed by atoms with Gasteiger partial charge in [-0.05, 0) is 30.9 Å². The van der Waals surface area contributed by atoms with Gasteiger partial charge in [0.15, 0.2) is 5.71 Å². The van der Waals surface area contributed by atoms with Crippen LogP contribution in [0.1, 0.15) is 18.4 Å². The van der Waals surface area contributed by atoms with Crippen LogP contribution in [0.4, 0.5) is 0 Å². The summed E-state index contributed by atoms with van der Waals surface area (Å²) in [6.45, 7) is 3.71. The summed E-state index contributed by atoms with van der Waals surface area (Å²) in [5.74, 6) is -0.391. The molecule has 5 N–H and O–H groups in total. The molecule has 0 amide bonds. The molecule has 1 aliphatic carbocycles. The van der Waals surface area contributed by atoms with Gasteiger partial charge < -0.3 is 25.9 Å². The number of hydrogen-bond donors (Lipinski definition) is 4. The molecule has 0 saturated heterocycles. The Balaban J connectivity index is 1.79. The topological polar surface area (TPSA) is 113 Å². The van der Waals surface area contributed by atoms with Crippen molar-refractivity contribution >= 4 is 34.2 Å². The molecule has 1 saturated carbocycles. The van der Waals surface area contributed by atoms with E-state index >= 15 is 0 Å². The van der Waals surface area contributed by atoms with Gasteiger partial charge in [-0.3, -0.25) is 0 Å². The third kappa shape index (κ3) is 4.99. The zero-order chi connectivity index (χ0) is 21.0. The van der Waals surface area contributed by atoms with Gasteiger partial charge in [-0.25, -0.2) is 9.79 Å². The number of ether oxygens (including phenoxy) is 1. The van der Waals surface area contributed by atoms with Crippen molar-refractivity contribution in [1.29, 1.82) is 0 Å². The van der Waals surface area contributed by atoms with E-state index in [0.717, 1.165) is 29.3 Å². The van der Waals surface area contributed by atoms with Crippen LogP contribution in [0.2, 0.25) is 0 Å². The summed E-state index contributed by atoms with van der Waals surface area (Å²) in [4.78, 5) is 19.6. The number of nitrogens with two attached hydrogens (primary N) is 1. The minimum Gasteiger partial charge on any atom is -0.464 e. The number of aliphatic imine (C=N–C) groups is 1. The van der Waals surface area contributed by atoms with Crippen molar-refractivity contribution in [3.63, 3.8) is 0 Å². The van der Waals surface area contributed by atoms with E-state index in [2.05, 4.69) is 21.9 Å². The predicted molar refractivity (Wildman–Crippen MR) is 114 cm³/mol. The van der Waals surface area contributed by atoms with Crippen molar-refractivity contribution in [1.82, 2.24) is 10.3 Å². The van der Waals surface area contributed by atoms with Crippen LogP contribution in [0.5, 0.6) is 0 Å². The molecule has 0 unspecified atom stereocenters. The SMILES string of the molecule is C=C(/N=C(C(=O)OC)\C(Cl)=C(/N)N[C@H](CO)Cc1c[nH]c2ccccc12)C1CC1. The fourth-order valence-corrected chi connectivity index (χ4v) is 3.24. The Morgan fingerprint density at radius 1 is 1.48 bits per heavy atom. The molecule has 2 aromatic rings. The van der Waals surface area contributed by atoms with Gasteiger partial charge in [-0.2, -0.15) is 0 Å². The normalized spacial score (nSPS) is 16.3. The molecule has 1 aliphatic rings. The maximum Gasteiger partial charge on any atom is 0.358 e. The number of halogens is 1. The van der Waals surface area contributed by atoms with Crippen molar-refractivity contribution in [2.75, 3.05) is 13.7 Å². The number of benzene rings is 1. The van der Waals surface area contributed by atoms with Crippen LogP contribution < -0.4 is 11.1 Å². The summed E-state index contributed by atoms with van der Waals surface area (Å²) in [7, 11) is 1.25. The number of allylic oxidation sites excluding steroid dienone is 1. The van der Waals surface area contributed by atoms with Crippen molar-refractivity contribution in [3.05, 3.63) is 59.2 Å². The molecule has 29 heavy (non-hydrogen) atoms. The van der Waals surface area contributed by atoms with Crippen molar-refractivity contribution < 1.29 is 14.6 Å². The maximum absolute atomic E-state index is 12.1. The highest BCUT2D eigenvalue weighted by Crippen LogP contribution is 2.36. The minimum atomic E-state index is -0.696. The van der Waals surface area contributed by atoms with E-state index < -0.39 is 12.0 Å². The molecule has 0 aliphatic heterocycles. The molecule has 8 heteroatoms. The van der Waals surface area contributed by atoms with E-state index in [9.17, 15) is 9.90 Å². The van der Waals surface area contributed by atoms with Crippen LogP contribution in [-0.2, 0) is 16.0 Å². The Morgan fingerprint density at radius 2 is 2.21 bits per heavy atom. The number of methoxy groups -OCH3 is 1. The van der Waals surface area contributed by atoms with E-state index in [1.54, 1.807) is 0 Å². The fourth-order valence-electron chi connectivity index (χ4n) is 3.07. The first-order valence-corrected chi connectivity index (χ1v) is 9.76. The van der Waals surface area contributed by atoms with Gasteiger partial charge in [0.2, 0.25) is 0 Å². The van der Waals surface area contributed by atoms with E-state index in [1.165, 1.54) is 7.11 Å². The number of aromatic amines is 1. The summed E-state index contributed by atoms with van der Waals surface area (Å²) in [6, 6.07) is 7.49. The molecule has 1 heterocycles.